The zero-order valence-corrected chi connectivity index (χ0v) is 19.4. The number of thioether (sulfide) groups is 1. The Morgan fingerprint density at radius 3 is 2.58 bits per heavy atom. The van der Waals surface area contributed by atoms with Crippen molar-refractivity contribution in [2.45, 2.75) is 44.0 Å². The second-order valence-electron chi connectivity index (χ2n) is 7.45. The van der Waals surface area contributed by atoms with Crippen molar-refractivity contribution in [3.8, 4) is 10.4 Å². The Kier molecular flexibility index (Phi) is 6.11. The molecule has 4 rings (SSSR count). The van der Waals surface area contributed by atoms with Crippen molar-refractivity contribution < 1.29 is 14.3 Å². The molecular weight excluding hydrogens is 430 g/mol. The molecule has 2 aromatic heterocycles. The van der Waals surface area contributed by atoms with Gasteiger partial charge in [-0.2, -0.15) is 0 Å². The molecule has 1 amide bonds. The van der Waals surface area contributed by atoms with E-state index in [9.17, 15) is 9.59 Å². The lowest BCUT2D eigenvalue weighted by Crippen LogP contribution is -2.23. The van der Waals surface area contributed by atoms with Crippen molar-refractivity contribution in [1.82, 2.24) is 9.97 Å². The number of aryl methyl sites for hydroxylation is 3. The monoisotopic (exact) mass is 453 g/mol. The number of aromatic nitrogens is 2. The summed E-state index contributed by atoms with van der Waals surface area (Å²) >= 11 is 2.73. The molecule has 1 aliphatic rings. The minimum Gasteiger partial charge on any atom is -0.465 e. The van der Waals surface area contributed by atoms with Crippen LogP contribution in [-0.2, 0) is 22.4 Å². The number of nitrogens with one attached hydrogen (secondary N) is 1. The third kappa shape index (κ3) is 4.36. The second-order valence-corrected chi connectivity index (χ2v) is 9.77. The summed E-state index contributed by atoms with van der Waals surface area (Å²) in [5, 5.41) is 3.63. The number of fused-ring (bicyclic) bond motifs is 3. The van der Waals surface area contributed by atoms with Gasteiger partial charge in [0.2, 0.25) is 5.91 Å². The molecule has 0 aliphatic heterocycles. The topological polar surface area (TPSA) is 81.2 Å². The molecule has 0 fully saturated rings. The summed E-state index contributed by atoms with van der Waals surface area (Å²) in [5.74, 6) is -0.630. The van der Waals surface area contributed by atoms with Crippen LogP contribution in [-0.4, -0.2) is 34.2 Å². The fourth-order valence-corrected chi connectivity index (χ4v) is 5.89. The highest BCUT2D eigenvalue weighted by molar-refractivity contribution is 8.00. The zero-order valence-electron chi connectivity index (χ0n) is 17.8. The van der Waals surface area contributed by atoms with Crippen molar-refractivity contribution in [2.24, 2.45) is 0 Å². The number of esters is 1. The highest BCUT2D eigenvalue weighted by atomic mass is 32.2. The normalized spacial score (nSPS) is 13.2. The molecule has 1 N–H and O–H groups in total. The maximum atomic E-state index is 13.0. The van der Waals surface area contributed by atoms with Crippen LogP contribution in [0.25, 0.3) is 10.4 Å². The fraction of sp³-hybridized carbons (Fsp3) is 0.304. The Labute approximate surface area is 189 Å². The lowest BCUT2D eigenvalue weighted by molar-refractivity contribution is -0.115. The van der Waals surface area contributed by atoms with Gasteiger partial charge in [-0.3, -0.25) is 4.79 Å². The third-order valence-corrected chi connectivity index (χ3v) is 7.29. The first-order valence-electron chi connectivity index (χ1n) is 9.99. The summed E-state index contributed by atoms with van der Waals surface area (Å²) in [6, 6.07) is 10.1. The molecule has 3 aromatic rings. The molecule has 1 aliphatic carbocycles. The molecule has 0 radical (unpaired) electrons. The molecule has 2 heterocycles. The van der Waals surface area contributed by atoms with Crippen LogP contribution in [0.1, 0.15) is 39.8 Å². The van der Waals surface area contributed by atoms with Gasteiger partial charge in [-0.15, -0.1) is 11.3 Å². The van der Waals surface area contributed by atoms with E-state index in [2.05, 4.69) is 27.4 Å². The van der Waals surface area contributed by atoms with E-state index in [1.54, 1.807) is 0 Å². The number of nitrogens with zero attached hydrogens (tertiary/aromatic N) is 2. The number of carbonyl (C=O) groups excluding carboxylic acids is 2. The zero-order chi connectivity index (χ0) is 22.1. The Hall–Kier alpha value is -2.71. The van der Waals surface area contributed by atoms with Gasteiger partial charge in [0.05, 0.1) is 17.9 Å². The predicted octanol–water partition coefficient (Wildman–Crippen LogP) is 4.83. The summed E-state index contributed by atoms with van der Waals surface area (Å²) in [7, 11) is 1.37. The molecule has 1 aromatic carbocycles. The van der Waals surface area contributed by atoms with Gasteiger partial charge in [0, 0.05) is 16.3 Å². The van der Waals surface area contributed by atoms with Crippen LogP contribution in [0.3, 0.4) is 0 Å². The molecule has 8 heteroatoms. The molecule has 0 bridgehead atoms. The summed E-state index contributed by atoms with van der Waals surface area (Å²) in [6.45, 7) is 5.61. The highest BCUT2D eigenvalue weighted by Crippen LogP contribution is 2.45. The standard InChI is InChI=1S/C23H23N3O3S2/c1-12-11-13(2)25-23(24-12)30-14(3)20(27)26-21-18(22(28)29-4)17-10-9-15-7-5-6-8-16(15)19(17)31-21/h5-8,11,14H,9-10H2,1-4H3,(H,26,27). The van der Waals surface area contributed by atoms with Crippen LogP contribution >= 0.6 is 23.1 Å². The van der Waals surface area contributed by atoms with E-state index < -0.39 is 11.2 Å². The van der Waals surface area contributed by atoms with Crippen molar-refractivity contribution in [3.05, 3.63) is 58.4 Å². The van der Waals surface area contributed by atoms with Gasteiger partial charge < -0.3 is 10.1 Å². The number of thiophene rings is 1. The van der Waals surface area contributed by atoms with E-state index in [-0.39, 0.29) is 5.91 Å². The van der Waals surface area contributed by atoms with E-state index in [1.807, 2.05) is 39.0 Å². The minimum absolute atomic E-state index is 0.204. The van der Waals surface area contributed by atoms with E-state index >= 15 is 0 Å². The van der Waals surface area contributed by atoms with E-state index in [1.165, 1.54) is 35.8 Å². The van der Waals surface area contributed by atoms with E-state index in [0.717, 1.165) is 40.2 Å². The molecule has 0 saturated heterocycles. The van der Waals surface area contributed by atoms with Gasteiger partial charge in [-0.25, -0.2) is 14.8 Å². The molecule has 6 nitrogen and oxygen atoms in total. The Morgan fingerprint density at radius 1 is 1.16 bits per heavy atom. The van der Waals surface area contributed by atoms with Crippen LogP contribution in [0, 0.1) is 13.8 Å². The lowest BCUT2D eigenvalue weighted by Gasteiger charge is -2.16. The maximum Gasteiger partial charge on any atom is 0.341 e. The maximum absolute atomic E-state index is 13.0. The quantitative estimate of drug-likeness (QED) is 0.339. The Balaban J connectivity index is 1.63. The van der Waals surface area contributed by atoms with Gasteiger partial charge in [0.1, 0.15) is 5.00 Å². The van der Waals surface area contributed by atoms with Crippen molar-refractivity contribution in [1.29, 1.82) is 0 Å². The predicted molar refractivity (Wildman–Crippen MR) is 124 cm³/mol. The summed E-state index contributed by atoms with van der Waals surface area (Å²) in [5.41, 5.74) is 5.50. The van der Waals surface area contributed by atoms with Gasteiger partial charge in [0.15, 0.2) is 5.16 Å². The average Bonchev–Trinajstić information content (AvgIpc) is 3.10. The fourth-order valence-electron chi connectivity index (χ4n) is 3.72. The largest absolute Gasteiger partial charge is 0.465 e. The summed E-state index contributed by atoms with van der Waals surface area (Å²) in [4.78, 5) is 35.4. The SMILES string of the molecule is COC(=O)c1c(NC(=O)C(C)Sc2nc(C)cc(C)n2)sc2c1CCc1ccccc1-2. The van der Waals surface area contributed by atoms with Crippen molar-refractivity contribution in [2.75, 3.05) is 12.4 Å². The number of anilines is 1. The molecule has 31 heavy (non-hydrogen) atoms. The molecule has 0 saturated carbocycles. The number of hydrogen-bond acceptors (Lipinski definition) is 7. The average molecular weight is 454 g/mol. The molecule has 0 spiro atoms. The molecule has 1 unspecified atom stereocenters. The molecule has 160 valence electrons. The number of ether oxygens (including phenoxy) is 1. The molecule has 1 atom stereocenters. The Bertz CT molecular complexity index is 1150. The number of hydrogen-bond donors (Lipinski definition) is 1. The minimum atomic E-state index is -0.432. The molecular formula is C23H23N3O3S2. The number of benzene rings is 1. The van der Waals surface area contributed by atoms with Crippen LogP contribution in [0.15, 0.2) is 35.5 Å². The van der Waals surface area contributed by atoms with Crippen LogP contribution in [0.4, 0.5) is 5.00 Å². The van der Waals surface area contributed by atoms with Gasteiger partial charge in [0.25, 0.3) is 0 Å². The third-order valence-electron chi connectivity index (χ3n) is 5.15. The summed E-state index contributed by atoms with van der Waals surface area (Å²) in [6.07, 6.45) is 1.59. The van der Waals surface area contributed by atoms with Gasteiger partial charge in [-0.1, -0.05) is 36.0 Å². The first-order chi connectivity index (χ1) is 14.9. The second kappa shape index (κ2) is 8.80. The first kappa shape index (κ1) is 21.5. The van der Waals surface area contributed by atoms with Crippen molar-refractivity contribution in [3.63, 3.8) is 0 Å². The van der Waals surface area contributed by atoms with E-state index in [4.69, 9.17) is 4.74 Å². The first-order valence-corrected chi connectivity index (χ1v) is 11.7. The van der Waals surface area contributed by atoms with Crippen LogP contribution in [0.5, 0.6) is 0 Å². The number of carbonyl (C=O) groups is 2. The van der Waals surface area contributed by atoms with Gasteiger partial charge in [-0.05, 0) is 56.4 Å². The smallest absolute Gasteiger partial charge is 0.341 e. The van der Waals surface area contributed by atoms with Crippen LogP contribution in [0.2, 0.25) is 0 Å². The number of methoxy groups -OCH3 is 1. The summed E-state index contributed by atoms with van der Waals surface area (Å²) < 4.78 is 5.04. The van der Waals surface area contributed by atoms with Crippen LogP contribution < -0.4 is 5.32 Å². The highest BCUT2D eigenvalue weighted by Gasteiger charge is 2.30. The Morgan fingerprint density at radius 2 is 1.87 bits per heavy atom. The lowest BCUT2D eigenvalue weighted by atomic mass is 9.89. The van der Waals surface area contributed by atoms with Crippen molar-refractivity contribution >= 4 is 40.0 Å². The van der Waals surface area contributed by atoms with E-state index in [0.29, 0.717) is 15.7 Å². The van der Waals surface area contributed by atoms with Gasteiger partial charge >= 0.3 is 5.97 Å². The number of amides is 1. The number of rotatable bonds is 5.